The predicted octanol–water partition coefficient (Wildman–Crippen LogP) is 3.87. The molecule has 5 heteroatoms. The van der Waals surface area contributed by atoms with Crippen molar-refractivity contribution in [3.8, 4) is 0 Å². The molecular weight excluding hydrogens is 344 g/mol. The number of carbonyl (C=O) groups excluding carboxylic acids is 1. The smallest absolute Gasteiger partial charge is 0.305 e. The summed E-state index contributed by atoms with van der Waals surface area (Å²) in [4.78, 5) is 11.1. The molecule has 2 N–H and O–H groups in total. The number of ether oxygens (including phenoxy) is 2. The van der Waals surface area contributed by atoms with Crippen molar-refractivity contribution in [2.75, 3.05) is 14.2 Å². The first-order chi connectivity index (χ1) is 13.0. The van der Waals surface area contributed by atoms with Crippen LogP contribution in [0.5, 0.6) is 0 Å². The summed E-state index contributed by atoms with van der Waals surface area (Å²) in [5, 5.41) is 19.6. The fraction of sp³-hybridized carbons (Fsp3) is 0.591. The van der Waals surface area contributed by atoms with Crippen LogP contribution in [-0.2, 0) is 14.3 Å². The third kappa shape index (κ3) is 15.1. The van der Waals surface area contributed by atoms with Crippen molar-refractivity contribution in [2.45, 2.75) is 70.2 Å². The average molecular weight is 381 g/mol. The van der Waals surface area contributed by atoms with Crippen molar-refractivity contribution < 1.29 is 24.5 Å². The summed E-state index contributed by atoms with van der Waals surface area (Å²) < 4.78 is 9.95. The van der Waals surface area contributed by atoms with E-state index in [1.54, 1.807) is 25.3 Å². The largest absolute Gasteiger partial charge is 0.469 e. The molecule has 0 aromatic rings. The van der Waals surface area contributed by atoms with Crippen molar-refractivity contribution in [3.05, 3.63) is 48.6 Å². The Morgan fingerprint density at radius 2 is 1.52 bits per heavy atom. The van der Waals surface area contributed by atoms with Crippen molar-refractivity contribution in [2.24, 2.45) is 0 Å². The Hall–Kier alpha value is -1.69. The van der Waals surface area contributed by atoms with E-state index in [0.717, 1.165) is 32.1 Å². The number of esters is 1. The summed E-state index contributed by atoms with van der Waals surface area (Å²) >= 11 is 0. The molecule has 0 spiro atoms. The predicted molar refractivity (Wildman–Crippen MR) is 109 cm³/mol. The molecule has 0 aliphatic heterocycles. The molecule has 0 amide bonds. The van der Waals surface area contributed by atoms with E-state index in [2.05, 4.69) is 11.7 Å². The maximum Gasteiger partial charge on any atom is 0.305 e. The minimum Gasteiger partial charge on any atom is -0.469 e. The van der Waals surface area contributed by atoms with Gasteiger partial charge < -0.3 is 19.7 Å². The molecule has 0 bridgehead atoms. The fourth-order valence-electron chi connectivity index (χ4n) is 2.37. The topological polar surface area (TPSA) is 76.0 Å². The summed E-state index contributed by atoms with van der Waals surface area (Å²) in [5.41, 5.74) is 0. The lowest BCUT2D eigenvalue weighted by molar-refractivity contribution is -0.140. The third-order valence-electron chi connectivity index (χ3n) is 4.09. The quantitative estimate of drug-likeness (QED) is 0.256. The standard InChI is InChI=1S/C22H36O5/c1-4-5-10-16-20(23)21(24)17-12-9-7-6-8-11-14-19(26-2)15-13-18-22(25)27-3/h6-9,11-12,14,17,19-21,23-24H,4-5,10,13,15-16,18H2,1-3H3/t19-,20-,21-/m1/s1. The first-order valence-electron chi connectivity index (χ1n) is 9.69. The molecule has 0 rings (SSSR count). The van der Waals surface area contributed by atoms with Crippen LogP contribution in [0.25, 0.3) is 0 Å². The lowest BCUT2D eigenvalue weighted by Gasteiger charge is -2.13. The molecule has 0 saturated carbocycles. The van der Waals surface area contributed by atoms with Gasteiger partial charge >= 0.3 is 5.97 Å². The summed E-state index contributed by atoms with van der Waals surface area (Å²) in [6.07, 6.45) is 18.6. The highest BCUT2D eigenvalue weighted by molar-refractivity contribution is 5.68. The van der Waals surface area contributed by atoms with Gasteiger partial charge in [0.05, 0.1) is 25.4 Å². The molecule has 0 aliphatic carbocycles. The van der Waals surface area contributed by atoms with Crippen LogP contribution in [0.3, 0.4) is 0 Å². The highest BCUT2D eigenvalue weighted by atomic mass is 16.5. The molecule has 0 fully saturated rings. The number of carbonyl (C=O) groups is 1. The lowest BCUT2D eigenvalue weighted by atomic mass is 10.1. The van der Waals surface area contributed by atoms with Gasteiger partial charge in [-0.1, -0.05) is 74.8 Å². The Morgan fingerprint density at radius 3 is 2.11 bits per heavy atom. The molecule has 0 aromatic carbocycles. The van der Waals surface area contributed by atoms with E-state index in [-0.39, 0.29) is 12.1 Å². The van der Waals surface area contributed by atoms with E-state index in [1.165, 1.54) is 7.11 Å². The molecule has 0 saturated heterocycles. The van der Waals surface area contributed by atoms with Crippen LogP contribution in [0.2, 0.25) is 0 Å². The molecule has 0 radical (unpaired) electrons. The Bertz CT molecular complexity index is 479. The van der Waals surface area contributed by atoms with Crippen LogP contribution >= 0.6 is 0 Å². The summed E-state index contributed by atoms with van der Waals surface area (Å²) in [6.45, 7) is 2.11. The Labute approximate surface area is 164 Å². The average Bonchev–Trinajstić information content (AvgIpc) is 2.68. The molecule has 0 aliphatic rings. The van der Waals surface area contributed by atoms with Gasteiger partial charge in [-0.25, -0.2) is 0 Å². The SMILES string of the molecule is CCCCC[C@@H](O)[C@H](O)C=CC=CC=CC=C[C@H](CCCC(=O)OC)OC. The van der Waals surface area contributed by atoms with Crippen molar-refractivity contribution in [3.63, 3.8) is 0 Å². The van der Waals surface area contributed by atoms with Gasteiger partial charge in [0.1, 0.15) is 0 Å². The van der Waals surface area contributed by atoms with Crippen molar-refractivity contribution in [1.82, 2.24) is 0 Å². The van der Waals surface area contributed by atoms with Gasteiger partial charge in [-0.3, -0.25) is 4.79 Å². The molecular formula is C22H36O5. The second-order valence-electron chi connectivity index (χ2n) is 6.34. The number of allylic oxidation sites excluding steroid dienone is 6. The fourth-order valence-corrected chi connectivity index (χ4v) is 2.37. The van der Waals surface area contributed by atoms with Crippen LogP contribution in [0.4, 0.5) is 0 Å². The van der Waals surface area contributed by atoms with Gasteiger partial charge in [0.25, 0.3) is 0 Å². The van der Waals surface area contributed by atoms with E-state index in [4.69, 9.17) is 4.74 Å². The Morgan fingerprint density at radius 1 is 0.889 bits per heavy atom. The zero-order valence-electron chi connectivity index (χ0n) is 16.9. The molecule has 154 valence electrons. The van der Waals surface area contributed by atoms with Crippen LogP contribution in [-0.4, -0.2) is 48.7 Å². The van der Waals surface area contributed by atoms with Crippen LogP contribution in [0, 0.1) is 0 Å². The molecule has 0 heterocycles. The van der Waals surface area contributed by atoms with Gasteiger partial charge in [0.15, 0.2) is 0 Å². The lowest BCUT2D eigenvalue weighted by Crippen LogP contribution is -2.23. The van der Waals surface area contributed by atoms with Gasteiger partial charge in [-0.15, -0.1) is 0 Å². The van der Waals surface area contributed by atoms with E-state index >= 15 is 0 Å². The normalized spacial score (nSPS) is 15.9. The summed E-state index contributed by atoms with van der Waals surface area (Å²) in [7, 11) is 3.03. The number of aliphatic hydroxyl groups is 2. The number of rotatable bonds is 15. The molecule has 5 nitrogen and oxygen atoms in total. The van der Waals surface area contributed by atoms with Gasteiger partial charge in [-0.05, 0) is 19.3 Å². The number of unbranched alkanes of at least 4 members (excludes halogenated alkanes) is 2. The first-order valence-corrected chi connectivity index (χ1v) is 9.69. The minimum atomic E-state index is -0.831. The highest BCUT2D eigenvalue weighted by Gasteiger charge is 2.11. The number of hydrogen-bond donors (Lipinski definition) is 2. The highest BCUT2D eigenvalue weighted by Crippen LogP contribution is 2.08. The van der Waals surface area contributed by atoms with Gasteiger partial charge in [0, 0.05) is 13.5 Å². The Kier molecular flexibility index (Phi) is 16.6. The third-order valence-corrected chi connectivity index (χ3v) is 4.09. The zero-order chi connectivity index (χ0) is 20.3. The van der Waals surface area contributed by atoms with Crippen molar-refractivity contribution >= 4 is 5.97 Å². The van der Waals surface area contributed by atoms with E-state index in [0.29, 0.717) is 12.8 Å². The van der Waals surface area contributed by atoms with Gasteiger partial charge in [0.2, 0.25) is 0 Å². The molecule has 3 atom stereocenters. The van der Waals surface area contributed by atoms with Crippen molar-refractivity contribution in [1.29, 1.82) is 0 Å². The van der Waals surface area contributed by atoms with E-state index < -0.39 is 12.2 Å². The first kappa shape index (κ1) is 25.3. The maximum absolute atomic E-state index is 11.1. The summed E-state index contributed by atoms with van der Waals surface area (Å²) in [5.74, 6) is -0.203. The second-order valence-corrected chi connectivity index (χ2v) is 6.34. The number of methoxy groups -OCH3 is 2. The van der Waals surface area contributed by atoms with E-state index in [1.807, 2.05) is 30.4 Å². The van der Waals surface area contributed by atoms with Gasteiger partial charge in [-0.2, -0.15) is 0 Å². The molecule has 0 unspecified atom stereocenters. The second kappa shape index (κ2) is 17.7. The summed E-state index contributed by atoms with van der Waals surface area (Å²) in [6, 6.07) is 0. The number of hydrogen-bond acceptors (Lipinski definition) is 5. The van der Waals surface area contributed by atoms with Crippen LogP contribution in [0.15, 0.2) is 48.6 Å². The monoisotopic (exact) mass is 380 g/mol. The van der Waals surface area contributed by atoms with E-state index in [9.17, 15) is 15.0 Å². The van der Waals surface area contributed by atoms with Crippen LogP contribution in [0.1, 0.15) is 51.9 Å². The Balaban J connectivity index is 4.09. The number of aliphatic hydroxyl groups excluding tert-OH is 2. The minimum absolute atomic E-state index is 0.0347. The maximum atomic E-state index is 11.1. The van der Waals surface area contributed by atoms with Crippen LogP contribution < -0.4 is 0 Å². The molecule has 0 aromatic heterocycles. The molecule has 27 heavy (non-hydrogen) atoms. The zero-order valence-corrected chi connectivity index (χ0v) is 16.9.